The summed E-state index contributed by atoms with van der Waals surface area (Å²) >= 11 is 0. The molecule has 0 aliphatic heterocycles. The number of sulfonamides is 1. The van der Waals surface area contributed by atoms with E-state index in [2.05, 4.69) is 4.72 Å². The first-order valence-electron chi connectivity index (χ1n) is 13.3. The lowest BCUT2D eigenvalue weighted by atomic mass is 9.87. The molecular weight excluding hydrogens is 524 g/mol. The summed E-state index contributed by atoms with van der Waals surface area (Å²) < 4.78 is 34.1. The van der Waals surface area contributed by atoms with Gasteiger partial charge in [-0.15, -0.1) is 0 Å². The lowest BCUT2D eigenvalue weighted by Gasteiger charge is -2.20. The van der Waals surface area contributed by atoms with Crippen LogP contribution in [-0.4, -0.2) is 13.5 Å². The predicted octanol–water partition coefficient (Wildman–Crippen LogP) is 6.30. The largest absolute Gasteiger partial charge is 0.507 e. The van der Waals surface area contributed by atoms with E-state index in [9.17, 15) is 18.3 Å². The first-order valence-corrected chi connectivity index (χ1v) is 14.8. The maximum atomic E-state index is 13.2. The minimum Gasteiger partial charge on any atom is -0.507 e. The molecule has 0 radical (unpaired) electrons. The molecule has 5 rings (SSSR count). The van der Waals surface area contributed by atoms with Crippen LogP contribution in [0.2, 0.25) is 0 Å². The lowest BCUT2D eigenvalue weighted by Crippen LogP contribution is -2.17. The third-order valence-electron chi connectivity index (χ3n) is 7.40. The molecule has 4 aromatic rings. The molecule has 0 amide bonds. The van der Waals surface area contributed by atoms with Crippen molar-refractivity contribution in [2.45, 2.75) is 49.3 Å². The zero-order valence-electron chi connectivity index (χ0n) is 22.1. The summed E-state index contributed by atoms with van der Waals surface area (Å²) in [5.74, 6) is 0.260. The molecule has 7 nitrogen and oxygen atoms in total. The minimum atomic E-state index is -3.84. The fourth-order valence-electron chi connectivity index (χ4n) is 5.18. The van der Waals surface area contributed by atoms with Crippen LogP contribution < -0.4 is 10.3 Å². The normalized spacial score (nSPS) is 14.7. The number of nitrogens with one attached hydrogen (secondary N) is 1. The summed E-state index contributed by atoms with van der Waals surface area (Å²) in [7, 11) is -3.84. The van der Waals surface area contributed by atoms with Crippen LogP contribution in [0.1, 0.15) is 66.0 Å². The maximum Gasteiger partial charge on any atom is 0.343 e. The smallest absolute Gasteiger partial charge is 0.343 e. The molecule has 1 aromatic heterocycles. The number of benzene rings is 3. The molecule has 1 aliphatic rings. The Labute approximate surface area is 233 Å². The van der Waals surface area contributed by atoms with Gasteiger partial charge >= 0.3 is 5.63 Å². The van der Waals surface area contributed by atoms with Gasteiger partial charge in [-0.2, -0.15) is 5.26 Å². The van der Waals surface area contributed by atoms with E-state index in [0.717, 1.165) is 24.0 Å². The molecular formula is C32H30N2O5S. The molecule has 8 heteroatoms. The zero-order chi connectivity index (χ0) is 28.3. The second kappa shape index (κ2) is 11.4. The highest BCUT2D eigenvalue weighted by Crippen LogP contribution is 2.47. The van der Waals surface area contributed by atoms with Crippen LogP contribution in [0.15, 0.2) is 99.0 Å². The Hall–Kier alpha value is -4.35. The molecule has 0 saturated heterocycles. The van der Waals surface area contributed by atoms with E-state index in [1.54, 1.807) is 24.3 Å². The minimum absolute atomic E-state index is 0.0469. The SMILES string of the molecule is CCC(Cc1cccc(NS(=O)(=O)c2ccc(C#N)cc2)c1)c1cc(O)c(C(c2ccccc2)C2CC2)c(=O)o1. The molecule has 0 bridgehead atoms. The summed E-state index contributed by atoms with van der Waals surface area (Å²) in [4.78, 5) is 13.3. The van der Waals surface area contributed by atoms with Gasteiger partial charge in [0.1, 0.15) is 11.5 Å². The van der Waals surface area contributed by atoms with Crippen molar-refractivity contribution in [3.05, 3.63) is 123 Å². The lowest BCUT2D eigenvalue weighted by molar-refractivity contribution is 0.379. The maximum absolute atomic E-state index is 13.2. The van der Waals surface area contributed by atoms with Gasteiger partial charge < -0.3 is 9.52 Å². The summed E-state index contributed by atoms with van der Waals surface area (Å²) in [5, 5.41) is 20.0. The van der Waals surface area contributed by atoms with E-state index in [4.69, 9.17) is 9.68 Å². The van der Waals surface area contributed by atoms with Crippen molar-refractivity contribution in [3.63, 3.8) is 0 Å². The van der Waals surface area contributed by atoms with E-state index < -0.39 is 15.6 Å². The third kappa shape index (κ3) is 5.95. The molecule has 2 N–H and O–H groups in total. The summed E-state index contributed by atoms with van der Waals surface area (Å²) in [6.07, 6.45) is 3.13. The fourth-order valence-corrected chi connectivity index (χ4v) is 6.23. The first kappa shape index (κ1) is 27.2. The van der Waals surface area contributed by atoms with Crippen molar-refractivity contribution < 1.29 is 17.9 Å². The van der Waals surface area contributed by atoms with Gasteiger partial charge in [0, 0.05) is 23.6 Å². The molecule has 2 atom stereocenters. The monoisotopic (exact) mass is 554 g/mol. The highest BCUT2D eigenvalue weighted by molar-refractivity contribution is 7.92. The van der Waals surface area contributed by atoms with Crippen LogP contribution in [0.5, 0.6) is 5.75 Å². The Kier molecular flexibility index (Phi) is 7.76. The van der Waals surface area contributed by atoms with Gasteiger partial charge in [-0.1, -0.05) is 49.4 Å². The van der Waals surface area contributed by atoms with Crippen molar-refractivity contribution in [1.29, 1.82) is 5.26 Å². The Bertz CT molecular complexity index is 1700. The Morgan fingerprint density at radius 3 is 2.38 bits per heavy atom. The summed E-state index contributed by atoms with van der Waals surface area (Å²) in [6.45, 7) is 1.98. The van der Waals surface area contributed by atoms with Gasteiger partial charge in [0.05, 0.1) is 22.1 Å². The molecule has 1 aliphatic carbocycles. The second-order valence-electron chi connectivity index (χ2n) is 10.2. The van der Waals surface area contributed by atoms with E-state index >= 15 is 0 Å². The van der Waals surface area contributed by atoms with Crippen LogP contribution >= 0.6 is 0 Å². The zero-order valence-corrected chi connectivity index (χ0v) is 22.9. The Morgan fingerprint density at radius 1 is 1.02 bits per heavy atom. The summed E-state index contributed by atoms with van der Waals surface area (Å²) in [5.41, 5.74) is 2.41. The molecule has 1 heterocycles. The van der Waals surface area contributed by atoms with Gasteiger partial charge in [0.25, 0.3) is 10.0 Å². The molecule has 40 heavy (non-hydrogen) atoms. The number of rotatable bonds is 10. The molecule has 1 fully saturated rings. The van der Waals surface area contributed by atoms with Crippen LogP contribution in [0.3, 0.4) is 0 Å². The predicted molar refractivity (Wildman–Crippen MR) is 153 cm³/mol. The van der Waals surface area contributed by atoms with Gasteiger partial charge in [-0.25, -0.2) is 13.2 Å². The molecule has 2 unspecified atom stereocenters. The molecule has 3 aromatic carbocycles. The van der Waals surface area contributed by atoms with Crippen molar-refractivity contribution in [2.24, 2.45) is 5.92 Å². The topological polar surface area (TPSA) is 120 Å². The number of hydrogen-bond donors (Lipinski definition) is 2. The highest BCUT2D eigenvalue weighted by atomic mass is 32.2. The van der Waals surface area contributed by atoms with Crippen molar-refractivity contribution in [1.82, 2.24) is 0 Å². The van der Waals surface area contributed by atoms with Crippen LogP contribution in [0, 0.1) is 17.2 Å². The number of nitrogens with zero attached hydrogens (tertiary/aromatic N) is 1. The van der Waals surface area contributed by atoms with Crippen molar-refractivity contribution >= 4 is 15.7 Å². The van der Waals surface area contributed by atoms with Crippen molar-refractivity contribution in [2.75, 3.05) is 4.72 Å². The van der Waals surface area contributed by atoms with Crippen LogP contribution in [0.25, 0.3) is 0 Å². The van der Waals surface area contributed by atoms with E-state index in [0.29, 0.717) is 41.3 Å². The van der Waals surface area contributed by atoms with Gasteiger partial charge in [-0.3, -0.25) is 4.72 Å². The average Bonchev–Trinajstić information content (AvgIpc) is 3.79. The standard InChI is InChI=1S/C32H30N2O5S/c1-2-23(17-22-7-6-10-26(18-22)34-40(37,38)27-15-11-21(20-33)12-16-27)29-19-28(35)31(32(36)39-29)30(25-13-14-25)24-8-4-3-5-9-24/h3-12,15-16,18-19,23,25,30,34-35H,2,13-14,17H2,1H3. The summed E-state index contributed by atoms with van der Waals surface area (Å²) in [6, 6.07) is 26.0. The number of hydrogen-bond acceptors (Lipinski definition) is 6. The van der Waals surface area contributed by atoms with E-state index in [-0.39, 0.29) is 22.5 Å². The average molecular weight is 555 g/mol. The van der Waals surface area contributed by atoms with Crippen LogP contribution in [-0.2, 0) is 16.4 Å². The number of anilines is 1. The van der Waals surface area contributed by atoms with Gasteiger partial charge in [0.15, 0.2) is 0 Å². The van der Waals surface area contributed by atoms with Crippen molar-refractivity contribution in [3.8, 4) is 11.8 Å². The molecule has 1 saturated carbocycles. The van der Waals surface area contributed by atoms with E-state index in [1.807, 2.05) is 49.4 Å². The van der Waals surface area contributed by atoms with E-state index in [1.165, 1.54) is 24.3 Å². The van der Waals surface area contributed by atoms with Gasteiger partial charge in [-0.05, 0) is 79.1 Å². The third-order valence-corrected chi connectivity index (χ3v) is 8.80. The Balaban J connectivity index is 1.37. The number of aromatic hydroxyl groups is 1. The number of nitriles is 1. The van der Waals surface area contributed by atoms with Gasteiger partial charge in [0.2, 0.25) is 0 Å². The van der Waals surface area contributed by atoms with Crippen LogP contribution in [0.4, 0.5) is 5.69 Å². The quantitative estimate of drug-likeness (QED) is 0.237. The highest BCUT2D eigenvalue weighted by Gasteiger charge is 2.37. The molecule has 204 valence electrons. The first-order chi connectivity index (χ1) is 19.3. The second-order valence-corrected chi connectivity index (χ2v) is 11.9. The fraction of sp³-hybridized carbons (Fsp3) is 0.250. The Morgan fingerprint density at radius 2 is 1.75 bits per heavy atom. The molecule has 0 spiro atoms.